The van der Waals surface area contributed by atoms with E-state index >= 15 is 0 Å². The summed E-state index contributed by atoms with van der Waals surface area (Å²) in [5, 5.41) is 19.7. The number of unbranched alkanes of at least 4 members (excludes halogenated alkanes) is 1. The number of carbonyl (C=O) groups excluding carboxylic acids is 1. The number of aromatic amines is 1. The highest BCUT2D eigenvalue weighted by Gasteiger charge is 2.45. The fourth-order valence-corrected chi connectivity index (χ4v) is 4.75. The summed E-state index contributed by atoms with van der Waals surface area (Å²) in [6.45, 7) is 2.06. The predicted molar refractivity (Wildman–Crippen MR) is 131 cm³/mol. The number of carbonyl (C=O) groups is 1. The largest absolute Gasteiger partial charge is 0.405 e. The number of aromatic nitrogens is 1. The number of fused-ring (bicyclic) bond motifs is 1. The van der Waals surface area contributed by atoms with Crippen LogP contribution in [-0.2, 0) is 11.2 Å². The molecule has 0 bridgehead atoms. The lowest BCUT2D eigenvalue weighted by Gasteiger charge is -2.40. The van der Waals surface area contributed by atoms with E-state index in [-0.39, 0.29) is 30.8 Å². The van der Waals surface area contributed by atoms with Gasteiger partial charge in [-0.15, -0.1) is 0 Å². The van der Waals surface area contributed by atoms with E-state index in [1.807, 2.05) is 30.5 Å². The number of H-pyrrole nitrogens is 1. The number of halogens is 3. The van der Waals surface area contributed by atoms with Crippen LogP contribution in [0.15, 0.2) is 30.5 Å². The predicted octanol–water partition coefficient (Wildman–Crippen LogP) is 4.21. The zero-order valence-corrected chi connectivity index (χ0v) is 20.2. The zero-order chi connectivity index (χ0) is 24.9. The van der Waals surface area contributed by atoms with Gasteiger partial charge in [0.2, 0.25) is 0 Å². The molecule has 1 aliphatic rings. The van der Waals surface area contributed by atoms with Crippen molar-refractivity contribution in [2.24, 2.45) is 0 Å². The second kappa shape index (κ2) is 11.3. The van der Waals surface area contributed by atoms with Gasteiger partial charge in [-0.05, 0) is 43.3 Å². The van der Waals surface area contributed by atoms with Gasteiger partial charge in [-0.2, -0.15) is 13.2 Å². The number of piperazine rings is 1. The van der Waals surface area contributed by atoms with Crippen molar-refractivity contribution in [1.82, 2.24) is 20.1 Å². The summed E-state index contributed by atoms with van der Waals surface area (Å²) >= 11 is 0.593. The van der Waals surface area contributed by atoms with E-state index in [4.69, 9.17) is 10.8 Å². The SMILES string of the molecule is CCCCC(Cc1c[nH]c2ccccc12)NC(=O)C(=N)SC(=N)N1CCN(C)C(C(F)(F)F)C1. The van der Waals surface area contributed by atoms with Gasteiger partial charge >= 0.3 is 6.18 Å². The molecule has 2 unspecified atom stereocenters. The van der Waals surface area contributed by atoms with Crippen molar-refractivity contribution < 1.29 is 18.0 Å². The number of hydrogen-bond acceptors (Lipinski definition) is 5. The van der Waals surface area contributed by atoms with Gasteiger partial charge in [-0.3, -0.25) is 20.5 Å². The van der Waals surface area contributed by atoms with E-state index < -0.39 is 23.2 Å². The average molecular weight is 497 g/mol. The minimum atomic E-state index is -4.40. The summed E-state index contributed by atoms with van der Waals surface area (Å²) in [4.78, 5) is 18.5. The molecule has 0 aliphatic carbocycles. The highest BCUT2D eigenvalue weighted by molar-refractivity contribution is 8.27. The first kappa shape index (κ1) is 26.1. The van der Waals surface area contributed by atoms with Crippen molar-refractivity contribution in [1.29, 1.82) is 10.8 Å². The molecule has 0 spiro atoms. The third kappa shape index (κ3) is 6.53. The van der Waals surface area contributed by atoms with Crippen LogP contribution in [0.2, 0.25) is 0 Å². The molecule has 2 heterocycles. The highest BCUT2D eigenvalue weighted by atomic mass is 32.2. The summed E-state index contributed by atoms with van der Waals surface area (Å²) in [6, 6.07) is 6.03. The van der Waals surface area contributed by atoms with E-state index in [0.29, 0.717) is 18.2 Å². The van der Waals surface area contributed by atoms with Crippen LogP contribution >= 0.6 is 11.8 Å². The van der Waals surface area contributed by atoms with Gasteiger partial charge in [0.15, 0.2) is 10.2 Å². The molecule has 186 valence electrons. The van der Waals surface area contributed by atoms with Crippen LogP contribution in [0.3, 0.4) is 0 Å². The Kier molecular flexibility index (Phi) is 8.64. The summed E-state index contributed by atoms with van der Waals surface area (Å²) in [7, 11) is 1.41. The van der Waals surface area contributed by atoms with E-state index in [1.165, 1.54) is 16.8 Å². The summed E-state index contributed by atoms with van der Waals surface area (Å²) in [6.07, 6.45) is 0.721. The van der Waals surface area contributed by atoms with Crippen molar-refractivity contribution in [2.75, 3.05) is 26.7 Å². The van der Waals surface area contributed by atoms with Gasteiger partial charge < -0.3 is 15.2 Å². The van der Waals surface area contributed by atoms with Gasteiger partial charge in [0.05, 0.1) is 0 Å². The molecule has 1 aliphatic heterocycles. The maximum atomic E-state index is 13.3. The number of para-hydroxylation sites is 1. The number of amidine groups is 1. The van der Waals surface area contributed by atoms with Crippen molar-refractivity contribution >= 4 is 38.8 Å². The minimum absolute atomic E-state index is 0.149. The number of likely N-dealkylation sites (N-methyl/N-ethyl adjacent to an activating group) is 1. The summed E-state index contributed by atoms with van der Waals surface area (Å²) in [5.41, 5.74) is 2.08. The Hall–Kier alpha value is -2.53. The first-order valence-corrected chi connectivity index (χ1v) is 12.1. The molecular formula is C23H31F3N6OS. The monoisotopic (exact) mass is 496 g/mol. The van der Waals surface area contributed by atoms with Crippen LogP contribution in [0.25, 0.3) is 10.9 Å². The van der Waals surface area contributed by atoms with Crippen molar-refractivity contribution in [3.8, 4) is 0 Å². The first-order valence-electron chi connectivity index (χ1n) is 11.3. The average Bonchev–Trinajstić information content (AvgIpc) is 3.19. The molecule has 11 heteroatoms. The molecular weight excluding hydrogens is 465 g/mol. The number of rotatable bonds is 6. The lowest BCUT2D eigenvalue weighted by Crippen LogP contribution is -2.58. The summed E-state index contributed by atoms with van der Waals surface area (Å²) in [5.74, 6) is -0.614. The van der Waals surface area contributed by atoms with E-state index in [2.05, 4.69) is 17.2 Å². The lowest BCUT2D eigenvalue weighted by molar-refractivity contribution is -0.189. The molecule has 2 aromatic rings. The standard InChI is InChI=1S/C23H31F3N6OS/c1-3-4-7-16(12-15-13-29-18-9-6-5-8-17(15)18)30-21(33)20(27)34-22(28)32-11-10-31(2)19(14-32)23(24,25)26/h5-6,8-9,13,16,19,27-29H,3-4,7,10-12,14H2,1-2H3,(H,30,33). The van der Waals surface area contributed by atoms with Crippen molar-refractivity contribution in [2.45, 2.75) is 50.9 Å². The molecule has 1 saturated heterocycles. The van der Waals surface area contributed by atoms with E-state index in [0.717, 1.165) is 35.7 Å². The van der Waals surface area contributed by atoms with Gasteiger partial charge in [-0.1, -0.05) is 38.0 Å². The molecule has 2 atom stereocenters. The minimum Gasteiger partial charge on any atom is -0.361 e. The molecule has 7 nitrogen and oxygen atoms in total. The second-order valence-corrected chi connectivity index (χ2v) is 9.60. The number of benzene rings is 1. The molecule has 0 radical (unpaired) electrons. The number of hydrogen-bond donors (Lipinski definition) is 4. The molecule has 3 rings (SSSR count). The van der Waals surface area contributed by atoms with Crippen LogP contribution in [0.5, 0.6) is 0 Å². The number of amides is 1. The van der Waals surface area contributed by atoms with Crippen LogP contribution in [0.4, 0.5) is 13.2 Å². The molecule has 34 heavy (non-hydrogen) atoms. The van der Waals surface area contributed by atoms with E-state index in [9.17, 15) is 18.0 Å². The molecule has 1 aromatic carbocycles. The van der Waals surface area contributed by atoms with Crippen LogP contribution in [0, 0.1) is 10.8 Å². The Bertz CT molecular complexity index is 1020. The Balaban J connectivity index is 1.60. The molecule has 0 saturated carbocycles. The number of nitrogens with zero attached hydrogens (tertiary/aromatic N) is 2. The number of nitrogens with one attached hydrogen (secondary N) is 4. The summed E-state index contributed by atoms with van der Waals surface area (Å²) < 4.78 is 39.8. The van der Waals surface area contributed by atoms with Gasteiger partial charge in [0.25, 0.3) is 5.91 Å². The normalized spacial score (nSPS) is 18.1. The maximum absolute atomic E-state index is 13.3. The Morgan fingerprint density at radius 1 is 1.29 bits per heavy atom. The fraction of sp³-hybridized carbons (Fsp3) is 0.522. The molecule has 1 amide bonds. The molecule has 1 aromatic heterocycles. The van der Waals surface area contributed by atoms with Gasteiger partial charge in [0, 0.05) is 42.8 Å². The Labute approximate surface area is 201 Å². The zero-order valence-electron chi connectivity index (χ0n) is 19.3. The van der Waals surface area contributed by atoms with Crippen molar-refractivity contribution in [3.05, 3.63) is 36.0 Å². The third-order valence-electron chi connectivity index (χ3n) is 6.10. The Morgan fingerprint density at radius 3 is 2.74 bits per heavy atom. The van der Waals surface area contributed by atoms with Crippen LogP contribution in [0.1, 0.15) is 31.7 Å². The second-order valence-electron chi connectivity index (χ2n) is 8.60. The smallest absolute Gasteiger partial charge is 0.361 e. The lowest BCUT2D eigenvalue weighted by atomic mass is 10.0. The third-order valence-corrected chi connectivity index (χ3v) is 6.94. The van der Waals surface area contributed by atoms with Gasteiger partial charge in [0.1, 0.15) is 6.04 Å². The van der Waals surface area contributed by atoms with Gasteiger partial charge in [-0.25, -0.2) is 0 Å². The number of alkyl halides is 3. The van der Waals surface area contributed by atoms with Crippen LogP contribution < -0.4 is 5.32 Å². The highest BCUT2D eigenvalue weighted by Crippen LogP contribution is 2.28. The maximum Gasteiger partial charge on any atom is 0.405 e. The fourth-order valence-electron chi connectivity index (χ4n) is 4.11. The topological polar surface area (TPSA) is 99.1 Å². The van der Waals surface area contributed by atoms with Crippen LogP contribution in [-0.4, -0.2) is 75.8 Å². The molecule has 1 fully saturated rings. The Morgan fingerprint density at radius 2 is 2.03 bits per heavy atom. The first-order chi connectivity index (χ1) is 16.1. The number of thioether (sulfide) groups is 1. The van der Waals surface area contributed by atoms with Crippen molar-refractivity contribution in [3.63, 3.8) is 0 Å². The molecule has 4 N–H and O–H groups in total. The van der Waals surface area contributed by atoms with E-state index in [1.54, 1.807) is 0 Å². The quantitative estimate of drug-likeness (QED) is 0.356.